The largest absolute Gasteiger partial charge is 0.426 e. The third kappa shape index (κ3) is 6.42. The minimum atomic E-state index is -0.740. The van der Waals surface area contributed by atoms with E-state index in [4.69, 9.17) is 4.74 Å². The number of benzene rings is 4. The molecule has 1 aliphatic heterocycles. The molecule has 0 saturated carbocycles. The van der Waals surface area contributed by atoms with Crippen molar-refractivity contribution in [2.24, 2.45) is 0 Å². The van der Waals surface area contributed by atoms with Crippen molar-refractivity contribution in [3.05, 3.63) is 131 Å². The van der Waals surface area contributed by atoms with Gasteiger partial charge in [0.15, 0.2) is 0 Å². The molecule has 0 aliphatic carbocycles. The molecular formula is C36H37ClN2O2S. The van der Waals surface area contributed by atoms with Crippen molar-refractivity contribution < 1.29 is 9.53 Å². The monoisotopic (exact) mass is 596 g/mol. The van der Waals surface area contributed by atoms with Gasteiger partial charge in [-0.3, -0.25) is 4.79 Å². The summed E-state index contributed by atoms with van der Waals surface area (Å²) >= 11 is 1.69. The number of carbonyl (C=O) groups excluding carboxylic acids is 1. The molecule has 1 aliphatic rings. The summed E-state index contributed by atoms with van der Waals surface area (Å²) < 4.78 is 6.06. The second-order valence-corrected chi connectivity index (χ2v) is 11.7. The first-order valence-corrected chi connectivity index (χ1v) is 15.4. The van der Waals surface area contributed by atoms with Gasteiger partial charge in [-0.1, -0.05) is 91.0 Å². The van der Waals surface area contributed by atoms with Crippen LogP contribution in [-0.4, -0.2) is 36.8 Å². The normalized spacial score (nSPS) is 14.8. The summed E-state index contributed by atoms with van der Waals surface area (Å²) in [5, 5.41) is 10.6. The van der Waals surface area contributed by atoms with Gasteiger partial charge in [0.2, 0.25) is 0 Å². The highest BCUT2D eigenvalue weighted by atomic mass is 35.5. The van der Waals surface area contributed by atoms with E-state index in [2.05, 4.69) is 35.2 Å². The van der Waals surface area contributed by atoms with E-state index >= 15 is 0 Å². The molecular weight excluding hydrogens is 560 g/mol. The Labute approximate surface area is 260 Å². The number of likely N-dealkylation sites (tertiary alicyclic amines) is 1. The predicted octanol–water partition coefficient (Wildman–Crippen LogP) is 7.98. The molecule has 0 amide bonds. The van der Waals surface area contributed by atoms with E-state index in [9.17, 15) is 10.1 Å². The van der Waals surface area contributed by atoms with E-state index in [1.54, 1.807) is 11.8 Å². The predicted molar refractivity (Wildman–Crippen MR) is 174 cm³/mol. The second-order valence-electron chi connectivity index (χ2n) is 10.8. The van der Waals surface area contributed by atoms with Crippen LogP contribution in [0.25, 0.3) is 0 Å². The van der Waals surface area contributed by atoms with E-state index in [-0.39, 0.29) is 18.4 Å². The lowest BCUT2D eigenvalue weighted by Crippen LogP contribution is -2.49. The minimum absolute atomic E-state index is 0. The smallest absolute Gasteiger partial charge is 0.322 e. The van der Waals surface area contributed by atoms with Crippen LogP contribution in [0.1, 0.15) is 41.5 Å². The highest BCUT2D eigenvalue weighted by molar-refractivity contribution is 7.98. The fourth-order valence-electron chi connectivity index (χ4n) is 6.06. The standard InChI is InChI=1S/C36H36N2O2S.ClH/c1-28-26-32(18-19-33(28)41-2)40-34(39)35(29-12-6-3-7-13-29)20-23-38(24-21-35)25-22-36(27-37,30-14-8-4-9-15-30)31-16-10-5-11-17-31;/h3-19,26H,20-25H2,1-2H3;1H. The van der Waals surface area contributed by atoms with Gasteiger partial charge >= 0.3 is 5.97 Å². The summed E-state index contributed by atoms with van der Waals surface area (Å²) in [7, 11) is 0. The fraction of sp³-hybridized carbons (Fsp3) is 0.278. The zero-order chi connectivity index (χ0) is 28.7. The van der Waals surface area contributed by atoms with Crippen molar-refractivity contribution in [3.63, 3.8) is 0 Å². The lowest BCUT2D eigenvalue weighted by Gasteiger charge is -2.41. The number of hydrogen-bond donors (Lipinski definition) is 0. The molecule has 0 aromatic heterocycles. The number of nitriles is 1. The van der Waals surface area contributed by atoms with Gasteiger partial charge in [-0.2, -0.15) is 5.26 Å². The van der Waals surface area contributed by atoms with E-state index < -0.39 is 10.8 Å². The van der Waals surface area contributed by atoms with Gasteiger partial charge in [0.05, 0.1) is 11.5 Å². The molecule has 4 aromatic carbocycles. The van der Waals surface area contributed by atoms with Crippen molar-refractivity contribution >= 4 is 30.1 Å². The molecule has 6 heteroatoms. The van der Waals surface area contributed by atoms with Gasteiger partial charge in [-0.25, -0.2) is 0 Å². The number of thioether (sulfide) groups is 1. The molecule has 1 heterocycles. The molecule has 0 spiro atoms. The van der Waals surface area contributed by atoms with E-state index in [0.29, 0.717) is 25.0 Å². The number of carbonyl (C=O) groups is 1. The first kappa shape index (κ1) is 31.4. The third-order valence-electron chi connectivity index (χ3n) is 8.53. The van der Waals surface area contributed by atoms with Crippen molar-refractivity contribution in [2.75, 3.05) is 25.9 Å². The Morgan fingerprint density at radius 3 is 1.95 bits per heavy atom. The van der Waals surface area contributed by atoms with Gasteiger partial charge < -0.3 is 9.64 Å². The first-order chi connectivity index (χ1) is 20.0. The third-order valence-corrected chi connectivity index (χ3v) is 9.43. The minimum Gasteiger partial charge on any atom is -0.426 e. The van der Waals surface area contributed by atoms with E-state index in [0.717, 1.165) is 41.9 Å². The zero-order valence-electron chi connectivity index (χ0n) is 24.2. The molecule has 216 valence electrons. The summed E-state index contributed by atoms with van der Waals surface area (Å²) in [6.45, 7) is 4.30. The SMILES string of the molecule is CSc1ccc(OC(=O)C2(c3ccccc3)CCN(CCC(C#N)(c3ccccc3)c3ccccc3)CC2)cc1C.Cl. The number of halogens is 1. The van der Waals surface area contributed by atoms with Crippen LogP contribution in [0.4, 0.5) is 0 Å². The van der Waals surface area contributed by atoms with Gasteiger partial charge in [0.25, 0.3) is 0 Å². The Balaban J connectivity index is 0.00000405. The summed E-state index contributed by atoms with van der Waals surface area (Å²) in [4.78, 5) is 17.5. The molecule has 0 atom stereocenters. The summed E-state index contributed by atoms with van der Waals surface area (Å²) in [5.74, 6) is 0.396. The molecule has 4 nitrogen and oxygen atoms in total. The van der Waals surface area contributed by atoms with Crippen LogP contribution in [-0.2, 0) is 15.6 Å². The topological polar surface area (TPSA) is 53.3 Å². The molecule has 0 unspecified atom stereocenters. The van der Waals surface area contributed by atoms with Crippen LogP contribution in [0.15, 0.2) is 114 Å². The van der Waals surface area contributed by atoms with Crippen LogP contribution < -0.4 is 4.74 Å². The quantitative estimate of drug-likeness (QED) is 0.111. The van der Waals surface area contributed by atoms with Crippen LogP contribution in [0.2, 0.25) is 0 Å². The van der Waals surface area contributed by atoms with Crippen LogP contribution in [0.3, 0.4) is 0 Å². The Morgan fingerprint density at radius 2 is 1.45 bits per heavy atom. The average molecular weight is 597 g/mol. The highest BCUT2D eigenvalue weighted by Gasteiger charge is 2.45. The van der Waals surface area contributed by atoms with E-state index in [1.807, 2.05) is 98.1 Å². The summed E-state index contributed by atoms with van der Waals surface area (Å²) in [5.41, 5.74) is 2.67. The number of esters is 1. The zero-order valence-corrected chi connectivity index (χ0v) is 25.8. The molecule has 1 saturated heterocycles. The first-order valence-electron chi connectivity index (χ1n) is 14.2. The molecule has 42 heavy (non-hydrogen) atoms. The van der Waals surface area contributed by atoms with Crippen molar-refractivity contribution in [1.82, 2.24) is 4.90 Å². The Bertz CT molecular complexity index is 1460. The highest BCUT2D eigenvalue weighted by Crippen LogP contribution is 2.40. The number of hydrogen-bond acceptors (Lipinski definition) is 5. The number of nitrogens with zero attached hydrogens (tertiary/aromatic N) is 2. The van der Waals surface area contributed by atoms with Crippen molar-refractivity contribution in [2.45, 2.75) is 41.9 Å². The Kier molecular flexibility index (Phi) is 10.5. The maximum Gasteiger partial charge on any atom is 0.322 e. The molecule has 1 fully saturated rings. The molecule has 5 rings (SSSR count). The van der Waals surface area contributed by atoms with Crippen LogP contribution in [0.5, 0.6) is 5.75 Å². The van der Waals surface area contributed by atoms with Crippen LogP contribution >= 0.6 is 24.2 Å². The molecule has 0 radical (unpaired) electrons. The van der Waals surface area contributed by atoms with E-state index in [1.165, 1.54) is 4.90 Å². The number of ether oxygens (including phenoxy) is 1. The van der Waals surface area contributed by atoms with Crippen LogP contribution in [0, 0.1) is 18.3 Å². The molecule has 4 aromatic rings. The lowest BCUT2D eigenvalue weighted by molar-refractivity contribution is -0.143. The van der Waals surface area contributed by atoms with Gasteiger partial charge in [0, 0.05) is 11.4 Å². The fourth-order valence-corrected chi connectivity index (χ4v) is 6.64. The average Bonchev–Trinajstić information content (AvgIpc) is 3.03. The summed E-state index contributed by atoms with van der Waals surface area (Å²) in [6, 6.07) is 38.8. The van der Waals surface area contributed by atoms with Crippen molar-refractivity contribution in [3.8, 4) is 11.8 Å². The molecule has 0 N–H and O–H groups in total. The number of rotatable bonds is 9. The second kappa shape index (κ2) is 14.1. The Morgan fingerprint density at radius 1 is 0.905 bits per heavy atom. The number of piperidine rings is 1. The summed E-state index contributed by atoms with van der Waals surface area (Å²) in [6.07, 6.45) is 4.04. The van der Waals surface area contributed by atoms with Gasteiger partial charge in [-0.15, -0.1) is 24.2 Å². The molecule has 0 bridgehead atoms. The Hall–Kier alpha value is -3.56. The lowest BCUT2D eigenvalue weighted by atomic mass is 9.71. The van der Waals surface area contributed by atoms with Crippen molar-refractivity contribution in [1.29, 1.82) is 5.26 Å². The maximum absolute atomic E-state index is 13.9. The number of aryl methyl sites for hydroxylation is 1. The van der Waals surface area contributed by atoms with Gasteiger partial charge in [0.1, 0.15) is 11.2 Å². The maximum atomic E-state index is 13.9. The van der Waals surface area contributed by atoms with Gasteiger partial charge in [-0.05, 0) is 86.0 Å².